The van der Waals surface area contributed by atoms with Crippen molar-refractivity contribution in [1.29, 1.82) is 0 Å². The first-order valence-electron chi connectivity index (χ1n) is 6.42. The summed E-state index contributed by atoms with van der Waals surface area (Å²) < 4.78 is 40.0. The molecule has 0 bridgehead atoms. The number of aryl methyl sites for hydroxylation is 1. The highest BCUT2D eigenvalue weighted by atomic mass is 32.2. The summed E-state index contributed by atoms with van der Waals surface area (Å²) in [5, 5.41) is 9.85. The molecule has 0 aromatic heterocycles. The molecule has 0 atom stereocenters. The zero-order valence-corrected chi connectivity index (χ0v) is 12.4. The van der Waals surface area contributed by atoms with Crippen LogP contribution in [0.2, 0.25) is 0 Å². The lowest BCUT2D eigenvalue weighted by Gasteiger charge is -2.35. The number of nitrogens with zero attached hydrogens (tertiary/aromatic N) is 1. The molecule has 7 heteroatoms. The van der Waals surface area contributed by atoms with Gasteiger partial charge < -0.3 is 10.8 Å². The van der Waals surface area contributed by atoms with Gasteiger partial charge >= 0.3 is 0 Å². The molecule has 5 nitrogen and oxygen atoms in total. The molecule has 1 aliphatic heterocycles. The lowest BCUT2D eigenvalue weighted by atomic mass is 9.95. The smallest absolute Gasteiger partial charge is 0.246 e. The highest BCUT2D eigenvalue weighted by molar-refractivity contribution is 7.89. The third-order valence-electron chi connectivity index (χ3n) is 3.74. The van der Waals surface area contributed by atoms with Crippen molar-refractivity contribution in [1.82, 2.24) is 4.31 Å². The first-order chi connectivity index (χ1) is 9.13. The minimum absolute atomic E-state index is 0.169. The zero-order chi connectivity index (χ0) is 15.1. The molecule has 1 saturated heterocycles. The van der Waals surface area contributed by atoms with E-state index in [-0.39, 0.29) is 18.8 Å². The van der Waals surface area contributed by atoms with Gasteiger partial charge in [0.25, 0.3) is 0 Å². The highest BCUT2D eigenvalue weighted by Gasteiger charge is 2.35. The van der Waals surface area contributed by atoms with Gasteiger partial charge in [0.05, 0.1) is 5.60 Å². The van der Waals surface area contributed by atoms with Gasteiger partial charge in [0, 0.05) is 18.8 Å². The first kappa shape index (κ1) is 15.2. The largest absolute Gasteiger partial charge is 0.398 e. The molecule has 0 saturated carbocycles. The normalized spacial score (nSPS) is 20.0. The summed E-state index contributed by atoms with van der Waals surface area (Å²) in [5.74, 6) is -0.797. The van der Waals surface area contributed by atoms with Crippen LogP contribution in [0, 0.1) is 12.7 Å². The predicted molar refractivity (Wildman–Crippen MR) is 74.2 cm³/mol. The Kier molecular flexibility index (Phi) is 3.79. The molecular formula is C13H19FN2O3S. The molecule has 1 aromatic rings. The second kappa shape index (κ2) is 4.98. The van der Waals surface area contributed by atoms with E-state index in [1.54, 1.807) is 13.8 Å². The Labute approximate surface area is 118 Å². The monoisotopic (exact) mass is 302 g/mol. The van der Waals surface area contributed by atoms with E-state index in [9.17, 15) is 17.9 Å². The maximum atomic E-state index is 13.9. The van der Waals surface area contributed by atoms with Gasteiger partial charge in [-0.15, -0.1) is 0 Å². The standard InChI is InChI=1S/C13H19FN2O3S/c1-9-7-10(14)12(8-11(9)15)20(18,19)16-5-3-13(2,17)4-6-16/h7-8,17H,3-6,15H2,1-2H3. The topological polar surface area (TPSA) is 83.6 Å². The number of hydrogen-bond acceptors (Lipinski definition) is 4. The number of nitrogen functional groups attached to an aromatic ring is 1. The average Bonchev–Trinajstić information content (AvgIpc) is 2.33. The van der Waals surface area contributed by atoms with Crippen LogP contribution < -0.4 is 5.73 Å². The van der Waals surface area contributed by atoms with E-state index in [0.29, 0.717) is 18.4 Å². The number of hydrogen-bond donors (Lipinski definition) is 2. The van der Waals surface area contributed by atoms with Crippen LogP contribution in [-0.4, -0.2) is 36.5 Å². The van der Waals surface area contributed by atoms with Crippen molar-refractivity contribution < 1.29 is 17.9 Å². The van der Waals surface area contributed by atoms with E-state index < -0.39 is 26.3 Å². The van der Waals surface area contributed by atoms with Gasteiger partial charge in [-0.05, 0) is 44.4 Å². The van der Waals surface area contributed by atoms with Crippen molar-refractivity contribution in [2.75, 3.05) is 18.8 Å². The van der Waals surface area contributed by atoms with Crippen LogP contribution in [0.5, 0.6) is 0 Å². The summed E-state index contributed by atoms with van der Waals surface area (Å²) in [6.45, 7) is 3.62. The van der Waals surface area contributed by atoms with Crippen molar-refractivity contribution in [3.05, 3.63) is 23.5 Å². The zero-order valence-electron chi connectivity index (χ0n) is 11.6. The molecule has 1 aromatic carbocycles. The summed E-state index contributed by atoms with van der Waals surface area (Å²) in [6, 6.07) is 2.29. The molecule has 0 amide bonds. The maximum Gasteiger partial charge on any atom is 0.246 e. The van der Waals surface area contributed by atoms with Crippen LogP contribution in [0.15, 0.2) is 17.0 Å². The molecule has 1 aliphatic rings. The molecule has 1 heterocycles. The second-order valence-corrected chi connectivity index (χ2v) is 7.45. The van der Waals surface area contributed by atoms with E-state index in [0.717, 1.165) is 12.1 Å². The molecule has 20 heavy (non-hydrogen) atoms. The summed E-state index contributed by atoms with van der Waals surface area (Å²) >= 11 is 0. The Balaban J connectivity index is 2.34. The molecule has 3 N–H and O–H groups in total. The Morgan fingerprint density at radius 2 is 1.90 bits per heavy atom. The van der Waals surface area contributed by atoms with Gasteiger partial charge in [-0.25, -0.2) is 12.8 Å². The fourth-order valence-electron chi connectivity index (χ4n) is 2.21. The third kappa shape index (κ3) is 2.79. The number of sulfonamides is 1. The fourth-order valence-corrected chi connectivity index (χ4v) is 3.74. The van der Waals surface area contributed by atoms with E-state index in [1.165, 1.54) is 4.31 Å². The van der Waals surface area contributed by atoms with Gasteiger partial charge in [-0.3, -0.25) is 0 Å². The molecule has 0 unspecified atom stereocenters. The van der Waals surface area contributed by atoms with Gasteiger partial charge in [-0.1, -0.05) is 0 Å². The molecule has 0 spiro atoms. The number of rotatable bonds is 2. The first-order valence-corrected chi connectivity index (χ1v) is 7.86. The van der Waals surface area contributed by atoms with E-state index in [1.807, 2.05) is 0 Å². The Morgan fingerprint density at radius 3 is 2.45 bits per heavy atom. The fraction of sp³-hybridized carbons (Fsp3) is 0.538. The molecule has 112 valence electrons. The van der Waals surface area contributed by atoms with Gasteiger partial charge in [-0.2, -0.15) is 4.31 Å². The molecular weight excluding hydrogens is 283 g/mol. The lowest BCUT2D eigenvalue weighted by Crippen LogP contribution is -2.45. The molecule has 0 radical (unpaired) electrons. The Morgan fingerprint density at radius 1 is 1.35 bits per heavy atom. The van der Waals surface area contributed by atoms with Gasteiger partial charge in [0.2, 0.25) is 10.0 Å². The minimum atomic E-state index is -3.91. The summed E-state index contributed by atoms with van der Waals surface area (Å²) in [4.78, 5) is -0.401. The molecule has 1 fully saturated rings. The van der Waals surface area contributed by atoms with Crippen molar-refractivity contribution in [2.45, 2.75) is 37.2 Å². The van der Waals surface area contributed by atoms with Crippen LogP contribution in [0.4, 0.5) is 10.1 Å². The summed E-state index contributed by atoms with van der Waals surface area (Å²) in [5.41, 5.74) is 5.55. The van der Waals surface area contributed by atoms with Crippen LogP contribution in [0.3, 0.4) is 0 Å². The predicted octanol–water partition coefficient (Wildman–Crippen LogP) is 1.25. The molecule has 2 rings (SSSR count). The SMILES string of the molecule is Cc1cc(F)c(S(=O)(=O)N2CCC(C)(O)CC2)cc1N. The van der Waals surface area contributed by atoms with Crippen LogP contribution in [0.1, 0.15) is 25.3 Å². The Bertz CT molecular complexity index is 619. The van der Waals surface area contributed by atoms with Crippen molar-refractivity contribution in [3.8, 4) is 0 Å². The summed E-state index contributed by atoms with van der Waals surface area (Å²) in [6.07, 6.45) is 0.657. The van der Waals surface area contributed by atoms with E-state index in [2.05, 4.69) is 0 Å². The van der Waals surface area contributed by atoms with Crippen LogP contribution in [-0.2, 0) is 10.0 Å². The molecule has 0 aliphatic carbocycles. The average molecular weight is 302 g/mol. The van der Waals surface area contributed by atoms with Crippen LogP contribution in [0.25, 0.3) is 0 Å². The third-order valence-corrected chi connectivity index (χ3v) is 5.65. The number of anilines is 1. The highest BCUT2D eigenvalue weighted by Crippen LogP contribution is 2.29. The number of piperidine rings is 1. The quantitative estimate of drug-likeness (QED) is 0.805. The Hall–Kier alpha value is -1.18. The van der Waals surface area contributed by atoms with Crippen molar-refractivity contribution >= 4 is 15.7 Å². The maximum absolute atomic E-state index is 13.9. The minimum Gasteiger partial charge on any atom is -0.398 e. The van der Waals surface area contributed by atoms with Crippen LogP contribution >= 0.6 is 0 Å². The second-order valence-electron chi connectivity index (χ2n) is 5.54. The number of nitrogens with two attached hydrogens (primary N) is 1. The number of benzene rings is 1. The van der Waals surface area contributed by atoms with Crippen molar-refractivity contribution in [2.24, 2.45) is 0 Å². The van der Waals surface area contributed by atoms with Crippen molar-refractivity contribution in [3.63, 3.8) is 0 Å². The van der Waals surface area contributed by atoms with Gasteiger partial charge in [0.15, 0.2) is 0 Å². The van der Waals surface area contributed by atoms with Gasteiger partial charge in [0.1, 0.15) is 10.7 Å². The number of aliphatic hydroxyl groups is 1. The van der Waals surface area contributed by atoms with E-state index >= 15 is 0 Å². The van der Waals surface area contributed by atoms with E-state index in [4.69, 9.17) is 5.73 Å². The number of halogens is 1. The summed E-state index contributed by atoms with van der Waals surface area (Å²) in [7, 11) is -3.91. The lowest BCUT2D eigenvalue weighted by molar-refractivity contribution is 0.0126.